The van der Waals surface area contributed by atoms with Gasteiger partial charge in [-0.25, -0.2) is 4.98 Å². The Hall–Kier alpha value is -3.36. The van der Waals surface area contributed by atoms with Gasteiger partial charge in [0.25, 0.3) is 5.75 Å². The number of hydrogen-bond acceptors (Lipinski definition) is 7. The number of nitrogens with one attached hydrogen (secondary N) is 1. The summed E-state index contributed by atoms with van der Waals surface area (Å²) in [4.78, 5) is 23.0. The van der Waals surface area contributed by atoms with Crippen molar-refractivity contribution >= 4 is 34.5 Å². The van der Waals surface area contributed by atoms with Crippen molar-refractivity contribution < 1.29 is 40.9 Å². The lowest BCUT2D eigenvalue weighted by Crippen LogP contribution is -2.14. The summed E-state index contributed by atoms with van der Waals surface area (Å²) >= 11 is 5.62. The summed E-state index contributed by atoms with van der Waals surface area (Å²) < 4.78 is 83.0. The van der Waals surface area contributed by atoms with E-state index in [2.05, 4.69) is 9.72 Å². The molecule has 2 rings (SSSR count). The molecule has 0 unspecified atom stereocenters. The Bertz CT molecular complexity index is 1030. The number of pyridine rings is 1. The number of alkyl halides is 6. The largest absolute Gasteiger partial charge is 0.485 e. The number of rotatable bonds is 5. The van der Waals surface area contributed by atoms with Gasteiger partial charge in [0.15, 0.2) is 0 Å². The first-order valence-electron chi connectivity index (χ1n) is 7.29. The van der Waals surface area contributed by atoms with Gasteiger partial charge in [-0.15, -0.1) is 0 Å². The van der Waals surface area contributed by atoms with Crippen molar-refractivity contribution in [3.8, 4) is 5.75 Å². The lowest BCUT2D eigenvalue weighted by atomic mass is 10.1. The molecule has 30 heavy (non-hydrogen) atoms. The molecule has 0 aliphatic heterocycles. The maximum absolute atomic E-state index is 13.5. The first kappa shape index (κ1) is 22.9. The monoisotopic (exact) mass is 460 g/mol. The third-order valence-electron chi connectivity index (χ3n) is 3.54. The van der Waals surface area contributed by atoms with Crippen molar-refractivity contribution in [2.75, 3.05) is 12.4 Å². The Morgan fingerprint density at radius 3 is 2.07 bits per heavy atom. The molecule has 1 heterocycles. The molecule has 1 aromatic carbocycles. The second kappa shape index (κ2) is 7.81. The zero-order chi connectivity index (χ0) is 23.0. The Balaban J connectivity index is 2.81. The topological polar surface area (TPSA) is 120 Å². The second-order valence-electron chi connectivity index (χ2n) is 5.39. The Labute approximate surface area is 166 Å². The van der Waals surface area contributed by atoms with Crippen LogP contribution in [0.15, 0.2) is 18.3 Å². The molecule has 1 aromatic heterocycles. The van der Waals surface area contributed by atoms with Crippen LogP contribution >= 0.6 is 11.6 Å². The van der Waals surface area contributed by atoms with Gasteiger partial charge < -0.3 is 10.1 Å². The minimum absolute atomic E-state index is 0.0217. The number of nitrogens with zero attached hydrogens (tertiary/aromatic N) is 3. The van der Waals surface area contributed by atoms with Gasteiger partial charge in [0.05, 0.1) is 33.1 Å². The van der Waals surface area contributed by atoms with Crippen LogP contribution in [-0.4, -0.2) is 21.9 Å². The molecule has 0 saturated heterocycles. The van der Waals surface area contributed by atoms with Crippen molar-refractivity contribution in [2.45, 2.75) is 12.4 Å². The normalized spacial score (nSPS) is 11.9. The number of anilines is 2. The van der Waals surface area contributed by atoms with Crippen molar-refractivity contribution in [2.24, 2.45) is 0 Å². The number of benzene rings is 1. The fourth-order valence-corrected chi connectivity index (χ4v) is 2.51. The van der Waals surface area contributed by atoms with Crippen molar-refractivity contribution in [1.29, 1.82) is 0 Å². The van der Waals surface area contributed by atoms with Gasteiger partial charge in [0.2, 0.25) is 0 Å². The first-order valence-corrected chi connectivity index (χ1v) is 7.67. The van der Waals surface area contributed by atoms with E-state index in [-0.39, 0.29) is 12.3 Å². The van der Waals surface area contributed by atoms with E-state index < -0.39 is 67.0 Å². The second-order valence-corrected chi connectivity index (χ2v) is 5.80. The van der Waals surface area contributed by atoms with Crippen LogP contribution in [0.25, 0.3) is 0 Å². The highest BCUT2D eigenvalue weighted by Crippen LogP contribution is 2.50. The van der Waals surface area contributed by atoms with Gasteiger partial charge in [-0.05, 0) is 6.07 Å². The first-order chi connectivity index (χ1) is 13.7. The van der Waals surface area contributed by atoms with E-state index in [4.69, 9.17) is 11.6 Å². The number of methoxy groups -OCH3 is 1. The van der Waals surface area contributed by atoms with Gasteiger partial charge in [-0.1, -0.05) is 11.6 Å². The van der Waals surface area contributed by atoms with E-state index in [9.17, 15) is 46.6 Å². The van der Waals surface area contributed by atoms with Crippen LogP contribution in [0.1, 0.15) is 11.1 Å². The lowest BCUT2D eigenvalue weighted by molar-refractivity contribution is -0.395. The summed E-state index contributed by atoms with van der Waals surface area (Å²) in [7, 11) is 0.746. The molecule has 0 aliphatic carbocycles. The molecular formula is C14H7ClF6N4O5. The van der Waals surface area contributed by atoms with Gasteiger partial charge in [-0.3, -0.25) is 20.2 Å². The van der Waals surface area contributed by atoms with Crippen LogP contribution in [0.5, 0.6) is 5.75 Å². The van der Waals surface area contributed by atoms with E-state index in [0.29, 0.717) is 6.07 Å². The Morgan fingerprint density at radius 1 is 1.07 bits per heavy atom. The SMILES string of the molecule is COc1c([N+](=O)[O-])cc(C(F)(F)F)c(Nc2ncc(C(F)(F)F)cc2Cl)c1[N+](=O)[O-]. The van der Waals surface area contributed by atoms with Crippen LogP contribution in [0, 0.1) is 20.2 Å². The number of nitro groups is 2. The zero-order valence-corrected chi connectivity index (χ0v) is 15.0. The molecule has 1 N–H and O–H groups in total. The summed E-state index contributed by atoms with van der Waals surface area (Å²) in [6, 6.07) is 0.310. The van der Waals surface area contributed by atoms with Crippen molar-refractivity contribution in [3.63, 3.8) is 0 Å². The molecule has 0 saturated carbocycles. The van der Waals surface area contributed by atoms with E-state index in [1.165, 1.54) is 0 Å². The molecule has 16 heteroatoms. The summed E-state index contributed by atoms with van der Waals surface area (Å²) in [6.45, 7) is 0. The van der Waals surface area contributed by atoms with Gasteiger partial charge in [-0.2, -0.15) is 26.3 Å². The molecule has 0 radical (unpaired) electrons. The third kappa shape index (κ3) is 4.45. The van der Waals surface area contributed by atoms with Crippen LogP contribution in [0.4, 0.5) is 49.2 Å². The minimum Gasteiger partial charge on any atom is -0.485 e. The summed E-state index contributed by atoms with van der Waals surface area (Å²) in [5, 5.41) is 23.5. The molecule has 0 spiro atoms. The minimum atomic E-state index is -5.34. The van der Waals surface area contributed by atoms with Gasteiger partial charge in [0, 0.05) is 12.3 Å². The molecule has 0 aliphatic rings. The molecule has 2 aromatic rings. The molecule has 0 amide bonds. The summed E-state index contributed by atoms with van der Waals surface area (Å²) in [5.74, 6) is -1.92. The predicted octanol–water partition coefficient (Wildman–Crippen LogP) is 5.34. The quantitative estimate of drug-likeness (QED) is 0.363. The molecule has 9 nitrogen and oxygen atoms in total. The molecule has 0 atom stereocenters. The smallest absolute Gasteiger partial charge is 0.418 e. The van der Waals surface area contributed by atoms with Crippen LogP contribution in [-0.2, 0) is 12.4 Å². The van der Waals surface area contributed by atoms with E-state index in [0.717, 1.165) is 7.11 Å². The highest BCUT2D eigenvalue weighted by Gasteiger charge is 2.43. The lowest BCUT2D eigenvalue weighted by Gasteiger charge is -2.17. The number of ether oxygens (including phenoxy) is 1. The summed E-state index contributed by atoms with van der Waals surface area (Å²) in [6.07, 6.45) is -9.98. The zero-order valence-electron chi connectivity index (χ0n) is 14.3. The fraction of sp³-hybridized carbons (Fsp3) is 0.214. The number of halogens is 7. The standard InChI is InChI=1S/C14H7ClF6N4O5/c1-30-11-8(24(26)27)3-6(14(19,20)21)9(10(11)25(28)29)23-12-7(15)2-5(4-22-12)13(16,17)18/h2-4H,1H3,(H,22,23). The molecule has 162 valence electrons. The Morgan fingerprint density at radius 2 is 1.67 bits per heavy atom. The van der Waals surface area contributed by atoms with Gasteiger partial charge >= 0.3 is 23.7 Å². The predicted molar refractivity (Wildman–Crippen MR) is 88.8 cm³/mol. The molecular weight excluding hydrogens is 454 g/mol. The average Bonchev–Trinajstić information content (AvgIpc) is 2.60. The average molecular weight is 461 g/mol. The van der Waals surface area contributed by atoms with Gasteiger partial charge in [0.1, 0.15) is 11.5 Å². The Kier molecular flexibility index (Phi) is 5.97. The number of nitro benzene ring substituents is 2. The molecule has 0 bridgehead atoms. The molecule has 0 fully saturated rings. The summed E-state index contributed by atoms with van der Waals surface area (Å²) in [5.41, 5.74) is -7.39. The number of aromatic nitrogens is 1. The highest BCUT2D eigenvalue weighted by molar-refractivity contribution is 6.33. The van der Waals surface area contributed by atoms with Crippen LogP contribution in [0.3, 0.4) is 0 Å². The maximum atomic E-state index is 13.5. The number of hydrogen-bond donors (Lipinski definition) is 1. The third-order valence-corrected chi connectivity index (χ3v) is 3.82. The maximum Gasteiger partial charge on any atom is 0.418 e. The van der Waals surface area contributed by atoms with Crippen molar-refractivity contribution in [1.82, 2.24) is 4.98 Å². The van der Waals surface area contributed by atoms with E-state index in [1.54, 1.807) is 0 Å². The highest BCUT2D eigenvalue weighted by atomic mass is 35.5. The van der Waals surface area contributed by atoms with E-state index >= 15 is 0 Å². The van der Waals surface area contributed by atoms with Crippen molar-refractivity contribution in [3.05, 3.63) is 54.7 Å². The fourth-order valence-electron chi connectivity index (χ4n) is 2.30. The van der Waals surface area contributed by atoms with E-state index in [1.807, 2.05) is 5.32 Å². The van der Waals surface area contributed by atoms with Crippen LogP contribution in [0.2, 0.25) is 5.02 Å². The van der Waals surface area contributed by atoms with Crippen LogP contribution < -0.4 is 10.1 Å².